The normalized spacial score (nSPS) is 18.5. The molecule has 0 bridgehead atoms. The molecule has 0 aliphatic carbocycles. The van der Waals surface area contributed by atoms with E-state index in [1.165, 1.54) is 7.11 Å². The lowest BCUT2D eigenvalue weighted by molar-refractivity contribution is -0.141. The van der Waals surface area contributed by atoms with Crippen molar-refractivity contribution in [1.82, 2.24) is 20.5 Å². The molecular formula is C19H14F5N5O3. The van der Waals surface area contributed by atoms with Crippen LogP contribution >= 0.6 is 0 Å². The highest BCUT2D eigenvalue weighted by atomic mass is 19.4. The summed E-state index contributed by atoms with van der Waals surface area (Å²) in [5, 5.41) is 12.5. The topological polar surface area (TPSA) is 102 Å². The second-order valence-electron chi connectivity index (χ2n) is 6.82. The summed E-state index contributed by atoms with van der Waals surface area (Å²) in [5.74, 6) is -3.46. The van der Waals surface area contributed by atoms with Crippen molar-refractivity contribution in [3.05, 3.63) is 53.4 Å². The SMILES string of the molecule is COc1cc(F)c(C2CNC(=O)[C@@H]2Nc2nnc(-c3ccc(C(F)(F)F)nc3)o2)c(F)c1. The molecule has 32 heavy (non-hydrogen) atoms. The van der Waals surface area contributed by atoms with Gasteiger partial charge in [0, 0.05) is 36.4 Å². The molecule has 1 amide bonds. The maximum Gasteiger partial charge on any atom is 0.433 e. The molecule has 2 N–H and O–H groups in total. The van der Waals surface area contributed by atoms with Crippen molar-refractivity contribution in [2.75, 3.05) is 19.0 Å². The molecule has 3 heterocycles. The minimum absolute atomic E-state index is 0.0164. The van der Waals surface area contributed by atoms with E-state index in [1.54, 1.807) is 0 Å². The van der Waals surface area contributed by atoms with E-state index in [2.05, 4.69) is 25.8 Å². The molecule has 0 spiro atoms. The van der Waals surface area contributed by atoms with E-state index >= 15 is 0 Å². The van der Waals surface area contributed by atoms with Crippen molar-refractivity contribution in [2.24, 2.45) is 0 Å². The lowest BCUT2D eigenvalue weighted by Gasteiger charge is -2.19. The van der Waals surface area contributed by atoms with Gasteiger partial charge in [0.1, 0.15) is 29.1 Å². The summed E-state index contributed by atoms with van der Waals surface area (Å²) in [6, 6.07) is 2.44. The van der Waals surface area contributed by atoms with Gasteiger partial charge in [-0.15, -0.1) is 5.10 Å². The Morgan fingerprint density at radius 2 is 1.91 bits per heavy atom. The summed E-state index contributed by atoms with van der Waals surface area (Å²) in [7, 11) is 1.26. The fourth-order valence-corrected chi connectivity index (χ4v) is 3.31. The van der Waals surface area contributed by atoms with Crippen LogP contribution in [0.4, 0.5) is 28.0 Å². The largest absolute Gasteiger partial charge is 0.497 e. The number of benzene rings is 1. The fourth-order valence-electron chi connectivity index (χ4n) is 3.31. The number of hydrogen-bond donors (Lipinski definition) is 2. The highest BCUT2D eigenvalue weighted by molar-refractivity contribution is 5.88. The molecule has 2 aromatic heterocycles. The van der Waals surface area contributed by atoms with E-state index in [-0.39, 0.29) is 35.3 Å². The Labute approximate surface area is 176 Å². The number of methoxy groups -OCH3 is 1. The summed E-state index contributed by atoms with van der Waals surface area (Å²) in [5.41, 5.74) is -1.31. The smallest absolute Gasteiger partial charge is 0.433 e. The van der Waals surface area contributed by atoms with Crippen molar-refractivity contribution in [1.29, 1.82) is 0 Å². The summed E-state index contributed by atoms with van der Waals surface area (Å²) < 4.78 is 77.1. The Balaban J connectivity index is 1.56. The van der Waals surface area contributed by atoms with Gasteiger partial charge in [-0.1, -0.05) is 5.10 Å². The molecule has 1 aliphatic rings. The minimum Gasteiger partial charge on any atom is -0.497 e. The zero-order valence-corrected chi connectivity index (χ0v) is 16.2. The summed E-state index contributed by atoms with van der Waals surface area (Å²) in [6.45, 7) is -0.0551. The number of carbonyl (C=O) groups excluding carboxylic acids is 1. The number of carbonyl (C=O) groups is 1. The van der Waals surface area contributed by atoms with Gasteiger partial charge in [0.05, 0.1) is 12.7 Å². The zero-order valence-electron chi connectivity index (χ0n) is 16.2. The molecular weight excluding hydrogens is 441 g/mol. The van der Waals surface area contributed by atoms with Crippen molar-refractivity contribution in [3.8, 4) is 17.2 Å². The molecule has 1 aliphatic heterocycles. The molecule has 13 heteroatoms. The van der Waals surface area contributed by atoms with E-state index < -0.39 is 41.4 Å². The highest BCUT2D eigenvalue weighted by Gasteiger charge is 2.40. The first kappa shape index (κ1) is 21.5. The molecule has 2 atom stereocenters. The standard InChI is InChI=1S/C19H14F5N5O3/c1-31-9-4-11(20)14(12(21)5-9)10-7-26-16(30)15(10)27-18-29-28-17(32-18)8-2-3-13(25-6-8)19(22,23)24/h2-6,10,15H,7H2,1H3,(H,26,30)(H,27,29)/t10?,15-/m1/s1. The van der Waals surface area contributed by atoms with Crippen molar-refractivity contribution >= 4 is 11.9 Å². The lowest BCUT2D eigenvalue weighted by atomic mass is 9.93. The molecule has 3 aromatic rings. The highest BCUT2D eigenvalue weighted by Crippen LogP contribution is 2.33. The number of anilines is 1. The number of aromatic nitrogens is 3. The molecule has 1 unspecified atom stereocenters. The molecule has 1 aromatic carbocycles. The van der Waals surface area contributed by atoms with Crippen LogP contribution in [0.15, 0.2) is 34.9 Å². The first-order valence-corrected chi connectivity index (χ1v) is 9.11. The van der Waals surface area contributed by atoms with Crippen molar-refractivity contribution in [3.63, 3.8) is 0 Å². The second-order valence-corrected chi connectivity index (χ2v) is 6.82. The molecule has 8 nitrogen and oxygen atoms in total. The van der Waals surface area contributed by atoms with Crippen LogP contribution in [0.1, 0.15) is 17.2 Å². The Kier molecular flexibility index (Phi) is 5.40. The zero-order chi connectivity index (χ0) is 23.0. The van der Waals surface area contributed by atoms with Crippen LogP contribution in [0.3, 0.4) is 0 Å². The number of alkyl halides is 3. The quantitative estimate of drug-likeness (QED) is 0.570. The third-order valence-corrected chi connectivity index (χ3v) is 4.84. The number of nitrogens with one attached hydrogen (secondary N) is 2. The number of ether oxygens (including phenoxy) is 1. The first-order chi connectivity index (χ1) is 15.2. The molecule has 168 valence electrons. The summed E-state index contributed by atoms with van der Waals surface area (Å²) in [6.07, 6.45) is -3.69. The van der Waals surface area contributed by atoms with Crippen LogP contribution in [-0.2, 0) is 11.0 Å². The Morgan fingerprint density at radius 3 is 2.50 bits per heavy atom. The first-order valence-electron chi connectivity index (χ1n) is 9.11. The fraction of sp³-hybridized carbons (Fsp3) is 0.263. The number of pyridine rings is 1. The number of rotatable bonds is 5. The number of nitrogens with zero attached hydrogens (tertiary/aromatic N) is 3. The van der Waals surface area contributed by atoms with Gasteiger partial charge in [-0.05, 0) is 12.1 Å². The number of hydrogen-bond acceptors (Lipinski definition) is 7. The van der Waals surface area contributed by atoms with Crippen LogP contribution in [0.2, 0.25) is 0 Å². The maximum atomic E-state index is 14.5. The van der Waals surface area contributed by atoms with Gasteiger partial charge in [-0.25, -0.2) is 8.78 Å². The number of amides is 1. The summed E-state index contributed by atoms with van der Waals surface area (Å²) >= 11 is 0. The van der Waals surface area contributed by atoms with Gasteiger partial charge in [0.2, 0.25) is 5.91 Å². The Bertz CT molecular complexity index is 1130. The van der Waals surface area contributed by atoms with Crippen LogP contribution in [0.5, 0.6) is 5.75 Å². The van der Waals surface area contributed by atoms with Crippen LogP contribution < -0.4 is 15.4 Å². The average Bonchev–Trinajstić information content (AvgIpc) is 3.35. The van der Waals surface area contributed by atoms with Crippen molar-refractivity contribution < 1.29 is 35.9 Å². The predicted molar refractivity (Wildman–Crippen MR) is 98.6 cm³/mol. The van der Waals surface area contributed by atoms with Gasteiger partial charge >= 0.3 is 12.2 Å². The van der Waals surface area contributed by atoms with E-state index in [0.29, 0.717) is 0 Å². The molecule has 0 saturated carbocycles. The van der Waals surface area contributed by atoms with Crippen molar-refractivity contribution in [2.45, 2.75) is 18.1 Å². The van der Waals surface area contributed by atoms with E-state index in [4.69, 9.17) is 9.15 Å². The molecule has 4 rings (SSSR count). The Hall–Kier alpha value is -3.77. The van der Waals surface area contributed by atoms with Crippen LogP contribution in [-0.4, -0.2) is 40.8 Å². The monoisotopic (exact) mass is 455 g/mol. The van der Waals surface area contributed by atoms with Gasteiger partial charge in [0.25, 0.3) is 5.89 Å². The Morgan fingerprint density at radius 1 is 1.19 bits per heavy atom. The van der Waals surface area contributed by atoms with Gasteiger partial charge in [-0.3, -0.25) is 9.78 Å². The van der Waals surface area contributed by atoms with E-state index in [9.17, 15) is 26.7 Å². The minimum atomic E-state index is -4.60. The maximum absolute atomic E-state index is 14.5. The molecule has 0 radical (unpaired) electrons. The summed E-state index contributed by atoms with van der Waals surface area (Å²) in [4.78, 5) is 15.6. The average molecular weight is 455 g/mol. The van der Waals surface area contributed by atoms with Gasteiger partial charge < -0.3 is 19.8 Å². The molecule has 1 saturated heterocycles. The second kappa shape index (κ2) is 8.05. The van der Waals surface area contributed by atoms with Gasteiger partial charge in [0.15, 0.2) is 0 Å². The third kappa shape index (κ3) is 4.05. The molecule has 1 fully saturated rings. The van der Waals surface area contributed by atoms with E-state index in [1.807, 2.05) is 0 Å². The number of halogens is 5. The lowest BCUT2D eigenvalue weighted by Crippen LogP contribution is -2.33. The van der Waals surface area contributed by atoms with Crippen LogP contribution in [0.25, 0.3) is 11.5 Å². The predicted octanol–water partition coefficient (Wildman–Crippen LogP) is 3.13. The van der Waals surface area contributed by atoms with E-state index in [0.717, 1.165) is 30.5 Å². The van der Waals surface area contributed by atoms with Crippen LogP contribution in [0, 0.1) is 11.6 Å². The van der Waals surface area contributed by atoms with Gasteiger partial charge in [-0.2, -0.15) is 13.2 Å². The third-order valence-electron chi connectivity index (χ3n) is 4.84.